The molecule has 2 N–H and O–H groups in total. The largest absolute Gasteiger partial charge is 0.481 e. The highest BCUT2D eigenvalue weighted by Crippen LogP contribution is 2.30. The van der Waals surface area contributed by atoms with Crippen LogP contribution in [0.25, 0.3) is 0 Å². The van der Waals surface area contributed by atoms with E-state index in [9.17, 15) is 24.6 Å². The molecule has 2 aromatic carbocycles. The van der Waals surface area contributed by atoms with Gasteiger partial charge in [-0.1, -0.05) is 58.4 Å². The molecule has 0 saturated heterocycles. The Morgan fingerprint density at radius 1 is 0.875 bits per heavy atom. The Balaban J connectivity index is 2.35. The average Bonchev–Trinajstić information content (AvgIpc) is 2.55. The second-order valence-electron chi connectivity index (χ2n) is 5.31. The summed E-state index contributed by atoms with van der Waals surface area (Å²) in [5.41, 5.74) is 0.923. The zero-order chi connectivity index (χ0) is 17.7. The molecule has 0 fully saturated rings. The summed E-state index contributed by atoms with van der Waals surface area (Å²) in [5.74, 6) is -5.85. The van der Waals surface area contributed by atoms with E-state index in [1.165, 1.54) is 0 Å². The topological polar surface area (TPSA) is 91.7 Å². The van der Waals surface area contributed by atoms with Crippen molar-refractivity contribution in [3.05, 3.63) is 70.2 Å². The van der Waals surface area contributed by atoms with Gasteiger partial charge in [-0.05, 0) is 17.7 Å². The van der Waals surface area contributed by atoms with Crippen molar-refractivity contribution in [2.24, 2.45) is 5.92 Å². The third kappa shape index (κ3) is 4.29. The molecule has 0 aromatic heterocycles. The van der Waals surface area contributed by atoms with E-state index in [1.807, 2.05) is 0 Å². The summed E-state index contributed by atoms with van der Waals surface area (Å²) in [6.07, 6.45) is -0.199. The highest BCUT2D eigenvalue weighted by molar-refractivity contribution is 9.10. The Labute approximate surface area is 147 Å². The third-order valence-corrected chi connectivity index (χ3v) is 4.26. The fourth-order valence-corrected chi connectivity index (χ4v) is 2.80. The van der Waals surface area contributed by atoms with Gasteiger partial charge in [0, 0.05) is 22.4 Å². The van der Waals surface area contributed by atoms with Gasteiger partial charge in [0.25, 0.3) is 0 Å². The van der Waals surface area contributed by atoms with Gasteiger partial charge in [0.15, 0.2) is 11.7 Å². The number of benzene rings is 2. The number of hydrogen-bond acceptors (Lipinski definition) is 3. The molecule has 2 rings (SSSR count). The maximum absolute atomic E-state index is 12.5. The zero-order valence-corrected chi connectivity index (χ0v) is 14.1. The fourth-order valence-electron chi connectivity index (χ4n) is 2.53. The van der Waals surface area contributed by atoms with Crippen molar-refractivity contribution in [2.75, 3.05) is 0 Å². The van der Waals surface area contributed by atoms with Crippen molar-refractivity contribution in [2.45, 2.75) is 12.3 Å². The van der Waals surface area contributed by atoms with Crippen LogP contribution in [0.2, 0.25) is 0 Å². The highest BCUT2D eigenvalue weighted by Gasteiger charge is 2.37. The number of carbonyl (C=O) groups excluding carboxylic acids is 1. The van der Waals surface area contributed by atoms with Crippen molar-refractivity contribution >= 4 is 33.7 Å². The van der Waals surface area contributed by atoms with E-state index in [-0.39, 0.29) is 12.2 Å². The van der Waals surface area contributed by atoms with Crippen LogP contribution in [0.15, 0.2) is 59.1 Å². The van der Waals surface area contributed by atoms with Crippen molar-refractivity contribution < 1.29 is 24.6 Å². The van der Waals surface area contributed by atoms with Crippen LogP contribution in [0, 0.1) is 5.92 Å². The molecule has 0 bridgehead atoms. The summed E-state index contributed by atoms with van der Waals surface area (Å²) in [4.78, 5) is 35.3. The summed E-state index contributed by atoms with van der Waals surface area (Å²) < 4.78 is 0.813. The third-order valence-electron chi connectivity index (χ3n) is 3.73. The Hall–Kier alpha value is -2.47. The van der Waals surface area contributed by atoms with Crippen molar-refractivity contribution in [3.63, 3.8) is 0 Å². The molecule has 0 amide bonds. The number of aliphatic carboxylic acids is 2. The van der Waals surface area contributed by atoms with E-state index in [2.05, 4.69) is 15.9 Å². The molecular formula is C18H15BrO5. The second kappa shape index (κ2) is 7.88. The summed E-state index contributed by atoms with van der Waals surface area (Å²) in [6.45, 7) is 0. The van der Waals surface area contributed by atoms with E-state index >= 15 is 0 Å². The van der Waals surface area contributed by atoms with Gasteiger partial charge >= 0.3 is 11.9 Å². The van der Waals surface area contributed by atoms with Crippen LogP contribution < -0.4 is 0 Å². The first-order valence-corrected chi connectivity index (χ1v) is 7.98. The molecule has 0 spiro atoms. The van der Waals surface area contributed by atoms with Crippen LogP contribution >= 0.6 is 15.9 Å². The molecule has 0 saturated carbocycles. The summed E-state index contributed by atoms with van der Waals surface area (Å²) >= 11 is 3.28. The van der Waals surface area contributed by atoms with Gasteiger partial charge in [0.2, 0.25) is 0 Å². The minimum atomic E-state index is -1.69. The molecule has 1 atom stereocenters. The first-order valence-electron chi connectivity index (χ1n) is 7.19. The van der Waals surface area contributed by atoms with Gasteiger partial charge in [0.1, 0.15) is 0 Å². The molecule has 0 radical (unpaired) electrons. The molecule has 5 nitrogen and oxygen atoms in total. The number of ketones is 1. The smallest absolute Gasteiger partial charge is 0.318 e. The van der Waals surface area contributed by atoms with Crippen LogP contribution in [-0.2, 0) is 9.59 Å². The molecule has 0 aliphatic rings. The lowest BCUT2D eigenvalue weighted by Gasteiger charge is -2.21. The Bertz CT molecular complexity index is 726. The van der Waals surface area contributed by atoms with E-state index in [0.29, 0.717) is 11.1 Å². The van der Waals surface area contributed by atoms with Gasteiger partial charge in [-0.15, -0.1) is 0 Å². The van der Waals surface area contributed by atoms with Crippen LogP contribution in [0.1, 0.15) is 28.3 Å². The van der Waals surface area contributed by atoms with E-state index in [1.54, 1.807) is 54.6 Å². The lowest BCUT2D eigenvalue weighted by atomic mass is 9.81. The van der Waals surface area contributed by atoms with Gasteiger partial charge in [-0.3, -0.25) is 14.4 Å². The van der Waals surface area contributed by atoms with E-state index in [4.69, 9.17) is 0 Å². The number of rotatable bonds is 7. The predicted octanol–water partition coefficient (Wildman–Crippen LogP) is 3.59. The van der Waals surface area contributed by atoms with Crippen LogP contribution in [0.3, 0.4) is 0 Å². The van der Waals surface area contributed by atoms with Gasteiger partial charge in [0.05, 0.1) is 0 Å². The Kier molecular flexibility index (Phi) is 5.87. The van der Waals surface area contributed by atoms with Crippen molar-refractivity contribution in [1.82, 2.24) is 0 Å². The first kappa shape index (κ1) is 17.9. The molecule has 0 aliphatic heterocycles. The van der Waals surface area contributed by atoms with Crippen LogP contribution in [-0.4, -0.2) is 27.9 Å². The molecular weight excluding hydrogens is 376 g/mol. The number of carbonyl (C=O) groups is 3. The average molecular weight is 391 g/mol. The lowest BCUT2D eigenvalue weighted by molar-refractivity contribution is -0.155. The summed E-state index contributed by atoms with van der Waals surface area (Å²) in [6, 6.07) is 15.0. The van der Waals surface area contributed by atoms with Gasteiger partial charge < -0.3 is 10.2 Å². The lowest BCUT2D eigenvalue weighted by Crippen LogP contribution is -2.31. The minimum absolute atomic E-state index is 0.199. The Morgan fingerprint density at radius 2 is 1.42 bits per heavy atom. The quantitative estimate of drug-likeness (QED) is 0.556. The van der Waals surface area contributed by atoms with E-state index < -0.39 is 23.8 Å². The van der Waals surface area contributed by atoms with Gasteiger partial charge in [-0.2, -0.15) is 0 Å². The molecule has 24 heavy (non-hydrogen) atoms. The summed E-state index contributed by atoms with van der Waals surface area (Å²) in [7, 11) is 0. The minimum Gasteiger partial charge on any atom is -0.481 e. The normalized spacial score (nSPS) is 11.9. The number of Topliss-reactive ketones (excluding diaryl/α,β-unsaturated/α-hetero) is 1. The maximum atomic E-state index is 12.5. The van der Waals surface area contributed by atoms with E-state index in [0.717, 1.165) is 4.47 Å². The summed E-state index contributed by atoms with van der Waals surface area (Å²) in [5, 5.41) is 18.6. The number of carboxylic acids is 2. The van der Waals surface area contributed by atoms with Crippen LogP contribution in [0.5, 0.6) is 0 Å². The standard InChI is InChI=1S/C18H15BrO5/c19-13-8-6-12(7-9-13)15(20)10-14(11-4-2-1-3-5-11)16(17(21)22)18(23)24/h1-9,14,16H,10H2,(H,21,22)(H,23,24). The fraction of sp³-hybridized carbons (Fsp3) is 0.167. The zero-order valence-electron chi connectivity index (χ0n) is 12.6. The second-order valence-corrected chi connectivity index (χ2v) is 6.22. The SMILES string of the molecule is O=C(CC(c1ccccc1)C(C(=O)O)C(=O)O)c1ccc(Br)cc1. The first-order chi connectivity index (χ1) is 11.4. The van der Waals surface area contributed by atoms with Crippen molar-refractivity contribution in [3.8, 4) is 0 Å². The van der Waals surface area contributed by atoms with Crippen LogP contribution in [0.4, 0.5) is 0 Å². The number of halogens is 1. The molecule has 2 aromatic rings. The monoisotopic (exact) mass is 390 g/mol. The molecule has 0 heterocycles. The maximum Gasteiger partial charge on any atom is 0.318 e. The molecule has 0 aliphatic carbocycles. The predicted molar refractivity (Wildman–Crippen MR) is 91.0 cm³/mol. The molecule has 1 unspecified atom stereocenters. The number of hydrogen-bond donors (Lipinski definition) is 2. The Morgan fingerprint density at radius 3 is 1.92 bits per heavy atom. The molecule has 124 valence electrons. The van der Waals surface area contributed by atoms with Gasteiger partial charge in [-0.25, -0.2) is 0 Å². The van der Waals surface area contributed by atoms with Crippen molar-refractivity contribution in [1.29, 1.82) is 0 Å². The highest BCUT2D eigenvalue weighted by atomic mass is 79.9. The number of carboxylic acid groups (broad SMARTS) is 2. The molecule has 6 heteroatoms.